The Morgan fingerprint density at radius 2 is 2.31 bits per heavy atom. The van der Waals surface area contributed by atoms with Gasteiger partial charge in [-0.25, -0.2) is 0 Å². The van der Waals surface area contributed by atoms with Gasteiger partial charge in [0.1, 0.15) is 17.1 Å². The van der Waals surface area contributed by atoms with E-state index in [1.165, 1.54) is 5.56 Å². The minimum atomic E-state index is 0.266. The van der Waals surface area contributed by atoms with E-state index in [1.807, 2.05) is 6.07 Å². The molecule has 84 valence electrons. The van der Waals surface area contributed by atoms with Crippen LogP contribution in [0, 0.1) is 0 Å². The first-order chi connectivity index (χ1) is 7.74. The van der Waals surface area contributed by atoms with Gasteiger partial charge >= 0.3 is 0 Å². The number of rotatable bonds is 0. The zero-order valence-corrected chi connectivity index (χ0v) is 9.29. The number of phenols is 1. The maximum absolute atomic E-state index is 9.43. The highest BCUT2D eigenvalue weighted by Crippen LogP contribution is 2.30. The van der Waals surface area contributed by atoms with Crippen LogP contribution < -0.4 is 5.32 Å². The first kappa shape index (κ1) is 9.73. The van der Waals surface area contributed by atoms with E-state index in [9.17, 15) is 5.11 Å². The van der Waals surface area contributed by atoms with Gasteiger partial charge in [0.05, 0.1) is 0 Å². The maximum atomic E-state index is 9.43. The standard InChI is InChI=1S/C13H15NO2/c1-8-6-12-11(4-5-14-8)10-3-2-9(15)7-13(10)16-12/h2-3,7-8,14-15H,4-6H2,1H3. The Balaban J connectivity index is 2.18. The smallest absolute Gasteiger partial charge is 0.138 e. The maximum Gasteiger partial charge on any atom is 0.138 e. The molecule has 2 heterocycles. The first-order valence-corrected chi connectivity index (χ1v) is 5.70. The van der Waals surface area contributed by atoms with Gasteiger partial charge in [-0.1, -0.05) is 0 Å². The van der Waals surface area contributed by atoms with E-state index in [-0.39, 0.29) is 5.75 Å². The number of aromatic hydroxyl groups is 1. The lowest BCUT2D eigenvalue weighted by atomic mass is 10.1. The molecule has 3 nitrogen and oxygen atoms in total. The molecule has 2 aromatic rings. The summed E-state index contributed by atoms with van der Waals surface area (Å²) < 4.78 is 5.82. The Labute approximate surface area is 94.1 Å². The normalized spacial score (nSPS) is 20.7. The molecule has 1 aromatic heterocycles. The average molecular weight is 217 g/mol. The number of fused-ring (bicyclic) bond motifs is 3. The fraction of sp³-hybridized carbons (Fsp3) is 0.385. The van der Waals surface area contributed by atoms with Gasteiger partial charge in [0.2, 0.25) is 0 Å². The van der Waals surface area contributed by atoms with E-state index >= 15 is 0 Å². The number of phenolic OH excluding ortho intramolecular Hbond substituents is 1. The molecular formula is C13H15NO2. The number of benzene rings is 1. The van der Waals surface area contributed by atoms with Crippen molar-refractivity contribution in [1.82, 2.24) is 5.32 Å². The van der Waals surface area contributed by atoms with Crippen molar-refractivity contribution in [1.29, 1.82) is 0 Å². The zero-order valence-electron chi connectivity index (χ0n) is 9.29. The molecule has 0 saturated heterocycles. The van der Waals surface area contributed by atoms with Crippen LogP contribution in [0.5, 0.6) is 5.75 Å². The third-order valence-electron chi connectivity index (χ3n) is 3.22. The molecule has 16 heavy (non-hydrogen) atoms. The lowest BCUT2D eigenvalue weighted by Gasteiger charge is -2.07. The largest absolute Gasteiger partial charge is 0.508 e. The minimum Gasteiger partial charge on any atom is -0.508 e. The fourth-order valence-electron chi connectivity index (χ4n) is 2.42. The van der Waals surface area contributed by atoms with Crippen LogP contribution >= 0.6 is 0 Å². The van der Waals surface area contributed by atoms with Crippen LogP contribution in [0.3, 0.4) is 0 Å². The lowest BCUT2D eigenvalue weighted by Crippen LogP contribution is -2.27. The van der Waals surface area contributed by atoms with Crippen LogP contribution in [0.2, 0.25) is 0 Å². The second kappa shape index (κ2) is 3.52. The summed E-state index contributed by atoms with van der Waals surface area (Å²) >= 11 is 0. The minimum absolute atomic E-state index is 0.266. The molecule has 0 spiro atoms. The molecule has 0 bridgehead atoms. The van der Waals surface area contributed by atoms with Crippen molar-refractivity contribution in [2.24, 2.45) is 0 Å². The van der Waals surface area contributed by atoms with Crippen molar-refractivity contribution in [3.63, 3.8) is 0 Å². The third-order valence-corrected chi connectivity index (χ3v) is 3.22. The lowest BCUT2D eigenvalue weighted by molar-refractivity contribution is 0.471. The molecule has 0 aliphatic carbocycles. The molecule has 0 radical (unpaired) electrons. The van der Waals surface area contributed by atoms with Crippen molar-refractivity contribution < 1.29 is 9.52 Å². The highest BCUT2D eigenvalue weighted by molar-refractivity contribution is 5.83. The zero-order chi connectivity index (χ0) is 11.1. The van der Waals surface area contributed by atoms with Crippen LogP contribution in [0.4, 0.5) is 0 Å². The molecule has 1 aromatic carbocycles. The second-order valence-electron chi connectivity index (χ2n) is 4.49. The molecule has 0 fully saturated rings. The first-order valence-electron chi connectivity index (χ1n) is 5.70. The Hall–Kier alpha value is -1.48. The van der Waals surface area contributed by atoms with Gasteiger partial charge in [0.15, 0.2) is 0 Å². The van der Waals surface area contributed by atoms with E-state index in [1.54, 1.807) is 12.1 Å². The van der Waals surface area contributed by atoms with Crippen molar-refractivity contribution in [2.75, 3.05) is 6.54 Å². The van der Waals surface area contributed by atoms with E-state index in [2.05, 4.69) is 12.2 Å². The van der Waals surface area contributed by atoms with Crippen LogP contribution in [-0.2, 0) is 12.8 Å². The number of hydrogen-bond acceptors (Lipinski definition) is 3. The predicted octanol–water partition coefficient (Wildman–Crippen LogP) is 2.22. The molecule has 1 unspecified atom stereocenters. The van der Waals surface area contributed by atoms with E-state index in [0.717, 1.165) is 36.1 Å². The van der Waals surface area contributed by atoms with Gasteiger partial charge in [-0.15, -0.1) is 0 Å². The van der Waals surface area contributed by atoms with Crippen molar-refractivity contribution in [3.8, 4) is 5.75 Å². The van der Waals surface area contributed by atoms with Gasteiger partial charge in [0, 0.05) is 29.5 Å². The second-order valence-corrected chi connectivity index (χ2v) is 4.49. The summed E-state index contributed by atoms with van der Waals surface area (Å²) in [6.07, 6.45) is 1.92. The average Bonchev–Trinajstić information content (AvgIpc) is 2.44. The van der Waals surface area contributed by atoms with Gasteiger partial charge in [0.25, 0.3) is 0 Å². The molecule has 3 heteroatoms. The Morgan fingerprint density at radius 1 is 1.44 bits per heavy atom. The van der Waals surface area contributed by atoms with Crippen molar-refractivity contribution in [2.45, 2.75) is 25.8 Å². The molecule has 1 atom stereocenters. The van der Waals surface area contributed by atoms with Crippen LogP contribution in [0.1, 0.15) is 18.2 Å². The summed E-state index contributed by atoms with van der Waals surface area (Å²) in [6.45, 7) is 3.16. The van der Waals surface area contributed by atoms with Crippen LogP contribution in [-0.4, -0.2) is 17.7 Å². The van der Waals surface area contributed by atoms with E-state index in [0.29, 0.717) is 6.04 Å². The van der Waals surface area contributed by atoms with E-state index in [4.69, 9.17) is 4.42 Å². The summed E-state index contributed by atoms with van der Waals surface area (Å²) in [5.41, 5.74) is 2.10. The van der Waals surface area contributed by atoms with Gasteiger partial charge < -0.3 is 14.8 Å². The molecule has 3 rings (SSSR count). The number of hydrogen-bond donors (Lipinski definition) is 2. The molecule has 0 saturated carbocycles. The summed E-state index contributed by atoms with van der Waals surface area (Å²) in [5.74, 6) is 1.33. The summed E-state index contributed by atoms with van der Waals surface area (Å²) in [5, 5.41) is 14.0. The third kappa shape index (κ3) is 1.48. The molecule has 2 N–H and O–H groups in total. The van der Waals surface area contributed by atoms with Crippen LogP contribution in [0.25, 0.3) is 11.0 Å². The molecule has 1 aliphatic rings. The molecule has 1 aliphatic heterocycles. The molecule has 0 amide bonds. The highest BCUT2D eigenvalue weighted by atomic mass is 16.3. The van der Waals surface area contributed by atoms with Gasteiger partial charge in [-0.05, 0) is 32.0 Å². The quantitative estimate of drug-likeness (QED) is 0.711. The predicted molar refractivity (Wildman–Crippen MR) is 62.8 cm³/mol. The van der Waals surface area contributed by atoms with Crippen molar-refractivity contribution >= 4 is 11.0 Å². The fourth-order valence-corrected chi connectivity index (χ4v) is 2.42. The van der Waals surface area contributed by atoms with Crippen molar-refractivity contribution in [3.05, 3.63) is 29.5 Å². The Morgan fingerprint density at radius 3 is 3.19 bits per heavy atom. The molecular weight excluding hydrogens is 202 g/mol. The van der Waals surface area contributed by atoms with Crippen LogP contribution in [0.15, 0.2) is 22.6 Å². The van der Waals surface area contributed by atoms with Gasteiger partial charge in [-0.2, -0.15) is 0 Å². The highest BCUT2D eigenvalue weighted by Gasteiger charge is 2.19. The van der Waals surface area contributed by atoms with E-state index < -0.39 is 0 Å². The topological polar surface area (TPSA) is 45.4 Å². The van der Waals surface area contributed by atoms with Gasteiger partial charge in [-0.3, -0.25) is 0 Å². The summed E-state index contributed by atoms with van der Waals surface area (Å²) in [6, 6.07) is 5.82. The Kier molecular flexibility index (Phi) is 2.14. The number of nitrogens with one attached hydrogen (secondary N) is 1. The number of furan rings is 1. The summed E-state index contributed by atoms with van der Waals surface area (Å²) in [4.78, 5) is 0. The Bertz CT molecular complexity index is 530. The SMILES string of the molecule is CC1Cc2oc3cc(O)ccc3c2CCN1. The summed E-state index contributed by atoms with van der Waals surface area (Å²) in [7, 11) is 0. The monoisotopic (exact) mass is 217 g/mol.